The predicted octanol–water partition coefficient (Wildman–Crippen LogP) is 2.24. The van der Waals surface area contributed by atoms with Crippen molar-refractivity contribution >= 4 is 23.2 Å². The topological polar surface area (TPSA) is 102 Å². The molecule has 0 saturated carbocycles. The lowest BCUT2D eigenvalue weighted by Gasteiger charge is -2.13. The van der Waals surface area contributed by atoms with Gasteiger partial charge in [-0.05, 0) is 26.0 Å². The number of furan rings is 1. The highest BCUT2D eigenvalue weighted by Crippen LogP contribution is 2.29. The zero-order valence-corrected chi connectivity index (χ0v) is 13.9. The zero-order valence-electron chi connectivity index (χ0n) is 13.1. The quantitative estimate of drug-likeness (QED) is 0.803. The number of ether oxygens (including phenoxy) is 1. The van der Waals surface area contributed by atoms with Crippen LogP contribution in [0.3, 0.4) is 0 Å². The monoisotopic (exact) mass is 338 g/mol. The van der Waals surface area contributed by atoms with Crippen LogP contribution in [0.5, 0.6) is 0 Å². The van der Waals surface area contributed by atoms with Gasteiger partial charge in [-0.25, -0.2) is 9.78 Å². The van der Waals surface area contributed by atoms with Crippen molar-refractivity contribution in [2.24, 2.45) is 0 Å². The van der Waals surface area contributed by atoms with E-state index in [1.54, 1.807) is 13.0 Å². The minimum atomic E-state index is -1.10. The predicted molar refractivity (Wildman–Crippen MR) is 84.7 cm³/mol. The van der Waals surface area contributed by atoms with Gasteiger partial charge >= 0.3 is 5.97 Å². The summed E-state index contributed by atoms with van der Waals surface area (Å²) in [6.45, 7) is 3.77. The number of aliphatic carboxylic acids is 1. The Morgan fingerprint density at radius 2 is 2.17 bits per heavy atom. The van der Waals surface area contributed by atoms with E-state index in [9.17, 15) is 9.59 Å². The molecular formula is C15H18N2O5S. The van der Waals surface area contributed by atoms with Crippen LogP contribution in [0.2, 0.25) is 0 Å². The van der Waals surface area contributed by atoms with E-state index in [4.69, 9.17) is 14.3 Å². The van der Waals surface area contributed by atoms with E-state index < -0.39 is 17.9 Å². The number of amides is 1. The molecule has 23 heavy (non-hydrogen) atoms. The van der Waals surface area contributed by atoms with E-state index >= 15 is 0 Å². The minimum Gasteiger partial charge on any atom is -0.480 e. The fourth-order valence-corrected chi connectivity index (χ4v) is 2.91. The number of carbonyl (C=O) groups is 2. The molecule has 0 fully saturated rings. The molecule has 2 aromatic heterocycles. The average molecular weight is 338 g/mol. The Morgan fingerprint density at radius 1 is 1.43 bits per heavy atom. The molecule has 124 valence electrons. The molecular weight excluding hydrogens is 320 g/mol. The maximum atomic E-state index is 12.3. The SMILES string of the molecule is COCCC(NC(=O)c1sc(-c2ccc(C)o2)nc1C)C(=O)O. The molecule has 1 amide bonds. The molecule has 0 aliphatic rings. The van der Waals surface area contributed by atoms with Crippen LogP contribution >= 0.6 is 11.3 Å². The van der Waals surface area contributed by atoms with Gasteiger partial charge in [0.25, 0.3) is 5.91 Å². The summed E-state index contributed by atoms with van der Waals surface area (Å²) in [5, 5.41) is 12.2. The number of hydrogen-bond donors (Lipinski definition) is 2. The zero-order chi connectivity index (χ0) is 17.0. The first-order valence-corrected chi connectivity index (χ1v) is 7.81. The largest absolute Gasteiger partial charge is 0.480 e. The van der Waals surface area contributed by atoms with Crippen molar-refractivity contribution in [3.8, 4) is 10.8 Å². The van der Waals surface area contributed by atoms with Gasteiger partial charge in [-0.1, -0.05) is 0 Å². The second-order valence-electron chi connectivity index (χ2n) is 4.99. The fourth-order valence-electron chi connectivity index (χ4n) is 1.98. The van der Waals surface area contributed by atoms with E-state index in [1.165, 1.54) is 18.4 Å². The second-order valence-corrected chi connectivity index (χ2v) is 5.99. The Bertz CT molecular complexity index is 707. The number of thiazole rings is 1. The molecule has 0 aliphatic carbocycles. The molecule has 2 rings (SSSR count). The van der Waals surface area contributed by atoms with Crippen molar-refractivity contribution in [3.05, 3.63) is 28.5 Å². The highest BCUT2D eigenvalue weighted by atomic mass is 32.1. The smallest absolute Gasteiger partial charge is 0.326 e. The van der Waals surface area contributed by atoms with Gasteiger partial charge in [-0.15, -0.1) is 11.3 Å². The summed E-state index contributed by atoms with van der Waals surface area (Å²) >= 11 is 1.17. The Kier molecular flexibility index (Phi) is 5.51. The molecule has 1 atom stereocenters. The van der Waals surface area contributed by atoms with Crippen LogP contribution in [0, 0.1) is 13.8 Å². The highest BCUT2D eigenvalue weighted by molar-refractivity contribution is 7.17. The molecule has 1 unspecified atom stereocenters. The molecule has 0 bridgehead atoms. The first-order chi connectivity index (χ1) is 10.9. The van der Waals surface area contributed by atoms with Crippen LogP contribution in [0.4, 0.5) is 0 Å². The Hall–Kier alpha value is -2.19. The van der Waals surface area contributed by atoms with Gasteiger partial charge in [0.2, 0.25) is 0 Å². The van der Waals surface area contributed by atoms with Crippen LogP contribution < -0.4 is 5.32 Å². The number of methoxy groups -OCH3 is 1. The summed E-state index contributed by atoms with van der Waals surface area (Å²) in [7, 11) is 1.48. The number of carboxylic acid groups (broad SMARTS) is 1. The number of aryl methyl sites for hydroxylation is 2. The maximum Gasteiger partial charge on any atom is 0.326 e. The third kappa shape index (κ3) is 4.17. The minimum absolute atomic E-state index is 0.194. The number of carboxylic acids is 1. The van der Waals surface area contributed by atoms with Gasteiger partial charge in [0.15, 0.2) is 10.8 Å². The molecule has 8 heteroatoms. The first-order valence-electron chi connectivity index (χ1n) is 6.99. The lowest BCUT2D eigenvalue weighted by atomic mass is 10.2. The summed E-state index contributed by atoms with van der Waals surface area (Å²) in [5.74, 6) is -0.217. The van der Waals surface area contributed by atoms with Crippen LogP contribution in [-0.2, 0) is 9.53 Å². The van der Waals surface area contributed by atoms with Crippen molar-refractivity contribution in [2.75, 3.05) is 13.7 Å². The van der Waals surface area contributed by atoms with Crippen LogP contribution in [0.1, 0.15) is 27.5 Å². The van der Waals surface area contributed by atoms with Crippen molar-refractivity contribution in [1.82, 2.24) is 10.3 Å². The van der Waals surface area contributed by atoms with Gasteiger partial charge in [-0.3, -0.25) is 4.79 Å². The van der Waals surface area contributed by atoms with Crippen molar-refractivity contribution in [3.63, 3.8) is 0 Å². The van der Waals surface area contributed by atoms with E-state index in [1.807, 2.05) is 13.0 Å². The number of carbonyl (C=O) groups excluding carboxylic acids is 1. The van der Waals surface area contributed by atoms with Crippen molar-refractivity contribution < 1.29 is 23.8 Å². The van der Waals surface area contributed by atoms with Crippen LogP contribution in [0.15, 0.2) is 16.5 Å². The first kappa shape index (κ1) is 17.2. The molecule has 7 nitrogen and oxygen atoms in total. The lowest BCUT2D eigenvalue weighted by Crippen LogP contribution is -2.41. The fraction of sp³-hybridized carbons (Fsp3) is 0.400. The molecule has 2 aromatic rings. The van der Waals surface area contributed by atoms with Gasteiger partial charge in [-0.2, -0.15) is 0 Å². The Morgan fingerprint density at radius 3 is 2.74 bits per heavy atom. The second kappa shape index (κ2) is 7.38. The lowest BCUT2D eigenvalue weighted by molar-refractivity contribution is -0.139. The maximum absolute atomic E-state index is 12.3. The van der Waals surface area contributed by atoms with Crippen molar-refractivity contribution in [2.45, 2.75) is 26.3 Å². The number of nitrogens with one attached hydrogen (secondary N) is 1. The van der Waals surface area contributed by atoms with Gasteiger partial charge in [0.1, 0.15) is 16.7 Å². The van der Waals surface area contributed by atoms with E-state index in [-0.39, 0.29) is 13.0 Å². The summed E-state index contributed by atoms with van der Waals surface area (Å²) < 4.78 is 10.4. The van der Waals surface area contributed by atoms with Crippen LogP contribution in [0.25, 0.3) is 10.8 Å². The third-order valence-electron chi connectivity index (χ3n) is 3.17. The molecule has 2 N–H and O–H groups in total. The molecule has 0 saturated heterocycles. The summed E-state index contributed by atoms with van der Waals surface area (Å²) in [6.07, 6.45) is 0.194. The summed E-state index contributed by atoms with van der Waals surface area (Å²) in [6, 6.07) is 2.60. The van der Waals surface area contributed by atoms with Crippen molar-refractivity contribution in [1.29, 1.82) is 0 Å². The third-order valence-corrected chi connectivity index (χ3v) is 4.34. The van der Waals surface area contributed by atoms with E-state index in [0.717, 1.165) is 5.76 Å². The van der Waals surface area contributed by atoms with Gasteiger partial charge in [0.05, 0.1) is 5.69 Å². The standard InChI is InChI=1S/C15H18N2O5S/c1-8-4-5-11(22-8)14-16-9(2)12(23-14)13(18)17-10(15(19)20)6-7-21-3/h4-5,10H,6-7H2,1-3H3,(H,17,18)(H,19,20). The Labute approximate surface area is 137 Å². The summed E-state index contributed by atoms with van der Waals surface area (Å²) in [4.78, 5) is 28.2. The van der Waals surface area contributed by atoms with E-state index in [2.05, 4.69) is 10.3 Å². The highest BCUT2D eigenvalue weighted by Gasteiger charge is 2.24. The number of hydrogen-bond acceptors (Lipinski definition) is 6. The normalized spacial score (nSPS) is 12.1. The Balaban J connectivity index is 2.16. The molecule has 0 aliphatic heterocycles. The number of nitrogens with zero attached hydrogens (tertiary/aromatic N) is 1. The summed E-state index contributed by atoms with van der Waals surface area (Å²) in [5.41, 5.74) is 0.535. The molecule has 0 aromatic carbocycles. The van der Waals surface area contributed by atoms with Gasteiger partial charge in [0, 0.05) is 20.1 Å². The molecule has 0 radical (unpaired) electrons. The number of rotatable bonds is 7. The van der Waals surface area contributed by atoms with E-state index in [0.29, 0.717) is 21.3 Å². The van der Waals surface area contributed by atoms with Gasteiger partial charge < -0.3 is 19.6 Å². The average Bonchev–Trinajstić information content (AvgIpc) is 3.09. The van der Waals surface area contributed by atoms with Crippen LogP contribution in [-0.4, -0.2) is 41.7 Å². The number of aromatic nitrogens is 1. The molecule has 2 heterocycles. The molecule has 0 spiro atoms.